The van der Waals surface area contributed by atoms with Crippen LogP contribution < -0.4 is 15.8 Å². The molecule has 3 fully saturated rings. The van der Waals surface area contributed by atoms with Crippen LogP contribution in [0.4, 0.5) is 13.2 Å². The maximum Gasteiger partial charge on any atom is 0.409 e. The molecule has 10 nitrogen and oxygen atoms in total. The fourth-order valence-corrected chi connectivity index (χ4v) is 7.81. The van der Waals surface area contributed by atoms with E-state index in [1.54, 1.807) is 0 Å². The van der Waals surface area contributed by atoms with Crippen LogP contribution in [0.5, 0.6) is 5.75 Å². The Morgan fingerprint density at radius 1 is 1.24 bits per heavy atom. The number of sulfonamides is 1. The first-order chi connectivity index (χ1) is 17.8. The Morgan fingerprint density at radius 2 is 1.95 bits per heavy atom. The van der Waals surface area contributed by atoms with Crippen LogP contribution in [-0.4, -0.2) is 93.2 Å². The third kappa shape index (κ3) is 5.26. The number of aliphatic hydroxyl groups excluding tert-OH is 1. The topological polar surface area (TPSA) is 142 Å². The number of halogens is 3. The van der Waals surface area contributed by atoms with Gasteiger partial charge >= 0.3 is 6.18 Å². The number of amides is 2. The minimum atomic E-state index is -4.58. The standard InChI is InChI=1S/C24H31F3N4O6S/c1-30-6-7-31(13(11-30)12-32)38(35,36)20-5-3-4-14(21(20)37-2)23(34)29-19-9-15-17(22(28)33)8-16(19)18(15)10-24(25,26)27/h3-5,10,13,15-17,19,32H,6-9,11-12H2,1-2H3,(H2,28,33)(H,29,34). The molecule has 5 atom stereocenters. The molecule has 3 aliphatic rings. The lowest BCUT2D eigenvalue weighted by atomic mass is 9.85. The average molecular weight is 561 g/mol. The number of alkyl halides is 3. The van der Waals surface area contributed by atoms with Crippen LogP contribution in [0.2, 0.25) is 0 Å². The molecule has 1 heterocycles. The number of hydrogen-bond acceptors (Lipinski definition) is 7. The number of aliphatic hydroxyl groups is 1. The molecule has 4 N–H and O–H groups in total. The number of likely N-dealkylation sites (N-methyl/N-ethyl adjacent to an activating group) is 1. The number of benzene rings is 1. The number of piperazine rings is 1. The molecule has 1 aromatic carbocycles. The fourth-order valence-electron chi connectivity index (χ4n) is 6.03. The zero-order valence-corrected chi connectivity index (χ0v) is 21.8. The number of rotatable bonds is 7. The molecule has 1 saturated heterocycles. The van der Waals surface area contributed by atoms with Crippen molar-refractivity contribution in [1.29, 1.82) is 0 Å². The summed E-state index contributed by atoms with van der Waals surface area (Å²) in [5, 5.41) is 12.5. The number of methoxy groups -OCH3 is 1. The molecule has 2 amide bonds. The van der Waals surface area contributed by atoms with Crippen LogP contribution in [0.15, 0.2) is 34.7 Å². The second-order valence-electron chi connectivity index (χ2n) is 10.0. The molecule has 1 aromatic rings. The minimum absolute atomic E-state index is 0.0417. The van der Waals surface area contributed by atoms with Crippen molar-refractivity contribution in [3.63, 3.8) is 0 Å². The zero-order valence-electron chi connectivity index (χ0n) is 20.9. The molecule has 210 valence electrons. The molecule has 1 aliphatic heterocycles. The predicted octanol–water partition coefficient (Wildman–Crippen LogP) is 0.721. The number of nitrogens with one attached hydrogen (secondary N) is 1. The van der Waals surface area contributed by atoms with Gasteiger partial charge in [0, 0.05) is 43.6 Å². The quantitative estimate of drug-likeness (QED) is 0.417. The van der Waals surface area contributed by atoms with Gasteiger partial charge in [0.15, 0.2) is 5.75 Å². The molecule has 38 heavy (non-hydrogen) atoms. The first kappa shape index (κ1) is 28.3. The second-order valence-corrected chi connectivity index (χ2v) is 11.9. The SMILES string of the molecule is COc1c(C(=O)NC2CC3C(=CC(F)(F)F)C2CC3C(N)=O)cccc1S(=O)(=O)N1CCN(C)CC1CO. The molecule has 0 radical (unpaired) electrons. The molecule has 2 aliphatic carbocycles. The van der Waals surface area contributed by atoms with E-state index in [4.69, 9.17) is 10.5 Å². The third-order valence-electron chi connectivity index (χ3n) is 7.71. The molecule has 2 bridgehead atoms. The first-order valence-electron chi connectivity index (χ1n) is 12.2. The summed E-state index contributed by atoms with van der Waals surface area (Å²) < 4.78 is 73.2. The van der Waals surface area contributed by atoms with Crippen molar-refractivity contribution in [3.05, 3.63) is 35.4 Å². The number of carbonyl (C=O) groups excluding carboxylic acids is 2. The van der Waals surface area contributed by atoms with E-state index < -0.39 is 64.5 Å². The number of primary amides is 1. The lowest BCUT2D eigenvalue weighted by Gasteiger charge is -2.38. The molecule has 2 saturated carbocycles. The van der Waals surface area contributed by atoms with Gasteiger partial charge in [-0.1, -0.05) is 11.6 Å². The number of hydrogen-bond donors (Lipinski definition) is 3. The predicted molar refractivity (Wildman–Crippen MR) is 130 cm³/mol. The summed E-state index contributed by atoms with van der Waals surface area (Å²) in [6.45, 7) is 0.506. The zero-order chi connectivity index (χ0) is 28.0. The second kappa shape index (κ2) is 10.5. The van der Waals surface area contributed by atoms with Crippen LogP contribution in [0.3, 0.4) is 0 Å². The van der Waals surface area contributed by atoms with Crippen LogP contribution in [0, 0.1) is 17.8 Å². The lowest BCUT2D eigenvalue weighted by Crippen LogP contribution is -2.55. The van der Waals surface area contributed by atoms with Gasteiger partial charge in [0.2, 0.25) is 15.9 Å². The number of allylic oxidation sites excluding steroid dienone is 1. The fraction of sp³-hybridized carbons (Fsp3) is 0.583. The molecule has 5 unspecified atom stereocenters. The number of carbonyl (C=O) groups is 2. The largest absolute Gasteiger partial charge is 0.494 e. The van der Waals surface area contributed by atoms with Gasteiger partial charge in [0.1, 0.15) is 4.90 Å². The highest BCUT2D eigenvalue weighted by atomic mass is 32.2. The van der Waals surface area contributed by atoms with E-state index in [9.17, 15) is 36.3 Å². The van der Waals surface area contributed by atoms with Gasteiger partial charge in [-0.25, -0.2) is 8.42 Å². The Balaban J connectivity index is 1.61. The van der Waals surface area contributed by atoms with Crippen LogP contribution in [0.25, 0.3) is 0 Å². The van der Waals surface area contributed by atoms with Crippen molar-refractivity contribution in [3.8, 4) is 5.75 Å². The van der Waals surface area contributed by atoms with Crippen LogP contribution >= 0.6 is 0 Å². The van der Waals surface area contributed by atoms with E-state index in [0.717, 1.165) is 0 Å². The maximum absolute atomic E-state index is 13.6. The molecule has 14 heteroatoms. The molecule has 0 spiro atoms. The first-order valence-corrected chi connectivity index (χ1v) is 13.6. The van der Waals surface area contributed by atoms with Gasteiger partial charge in [0.25, 0.3) is 5.91 Å². The van der Waals surface area contributed by atoms with E-state index >= 15 is 0 Å². The molecular weight excluding hydrogens is 529 g/mol. The lowest BCUT2D eigenvalue weighted by molar-refractivity contribution is -0.123. The number of nitrogens with two attached hydrogens (primary N) is 1. The smallest absolute Gasteiger partial charge is 0.409 e. The Morgan fingerprint density at radius 3 is 2.55 bits per heavy atom. The summed E-state index contributed by atoms with van der Waals surface area (Å²) >= 11 is 0. The molecule has 4 rings (SSSR count). The van der Waals surface area contributed by atoms with Crippen molar-refractivity contribution in [2.75, 3.05) is 40.4 Å². The third-order valence-corrected chi connectivity index (χ3v) is 9.69. The summed E-state index contributed by atoms with van der Waals surface area (Å²) in [5.74, 6) is -3.80. The molecule has 0 aromatic heterocycles. The van der Waals surface area contributed by atoms with Crippen molar-refractivity contribution in [2.24, 2.45) is 23.5 Å². The van der Waals surface area contributed by atoms with Gasteiger partial charge < -0.3 is 25.8 Å². The summed E-state index contributed by atoms with van der Waals surface area (Å²) in [6, 6.07) is 2.67. The van der Waals surface area contributed by atoms with Crippen molar-refractivity contribution < 1.29 is 41.0 Å². The number of ether oxygens (including phenoxy) is 1. The Hall–Kier alpha value is -2.68. The highest BCUT2D eigenvalue weighted by molar-refractivity contribution is 7.89. The van der Waals surface area contributed by atoms with Crippen LogP contribution in [-0.2, 0) is 14.8 Å². The van der Waals surface area contributed by atoms with E-state index in [1.165, 1.54) is 29.6 Å². The number of nitrogens with zero attached hydrogens (tertiary/aromatic N) is 2. The van der Waals surface area contributed by atoms with E-state index in [2.05, 4.69) is 5.32 Å². The Labute approximate surface area is 218 Å². The van der Waals surface area contributed by atoms with Crippen molar-refractivity contribution in [2.45, 2.75) is 36.0 Å². The van der Waals surface area contributed by atoms with Crippen molar-refractivity contribution >= 4 is 21.8 Å². The van der Waals surface area contributed by atoms with E-state index in [0.29, 0.717) is 13.1 Å². The Kier molecular flexibility index (Phi) is 7.81. The Bertz CT molecular complexity index is 1240. The highest BCUT2D eigenvalue weighted by Crippen LogP contribution is 2.53. The van der Waals surface area contributed by atoms with Gasteiger partial charge in [-0.2, -0.15) is 17.5 Å². The van der Waals surface area contributed by atoms with E-state index in [1.807, 2.05) is 11.9 Å². The normalized spacial score (nSPS) is 29.5. The van der Waals surface area contributed by atoms with Gasteiger partial charge in [-0.05, 0) is 37.9 Å². The van der Waals surface area contributed by atoms with Gasteiger partial charge in [0.05, 0.1) is 25.3 Å². The number of fused-ring (bicyclic) bond motifs is 2. The highest BCUT2D eigenvalue weighted by Gasteiger charge is 2.53. The summed E-state index contributed by atoms with van der Waals surface area (Å²) in [7, 11) is -1.14. The summed E-state index contributed by atoms with van der Waals surface area (Å²) in [5.41, 5.74) is 5.35. The average Bonchev–Trinajstić information content (AvgIpc) is 3.34. The van der Waals surface area contributed by atoms with Crippen LogP contribution in [0.1, 0.15) is 23.2 Å². The van der Waals surface area contributed by atoms with Gasteiger partial charge in [-0.3, -0.25) is 9.59 Å². The summed E-state index contributed by atoms with van der Waals surface area (Å²) in [4.78, 5) is 26.7. The monoisotopic (exact) mass is 560 g/mol. The minimum Gasteiger partial charge on any atom is -0.494 e. The molecular formula is C24H31F3N4O6S. The van der Waals surface area contributed by atoms with Gasteiger partial charge in [-0.15, -0.1) is 0 Å². The summed E-state index contributed by atoms with van der Waals surface area (Å²) in [6.07, 6.45) is -4.20. The van der Waals surface area contributed by atoms with Crippen molar-refractivity contribution in [1.82, 2.24) is 14.5 Å². The van der Waals surface area contributed by atoms with E-state index in [-0.39, 0.29) is 47.2 Å². The number of para-hydroxylation sites is 1. The maximum atomic E-state index is 13.6.